The van der Waals surface area contributed by atoms with Gasteiger partial charge in [-0.25, -0.2) is 4.98 Å². The highest BCUT2D eigenvalue weighted by molar-refractivity contribution is 6.04. The van der Waals surface area contributed by atoms with Crippen LogP contribution in [0.1, 0.15) is 16.1 Å². The molecule has 0 saturated carbocycles. The van der Waals surface area contributed by atoms with Gasteiger partial charge in [0, 0.05) is 31.6 Å². The first-order chi connectivity index (χ1) is 12.2. The summed E-state index contributed by atoms with van der Waals surface area (Å²) < 4.78 is 5.62. The van der Waals surface area contributed by atoms with E-state index in [4.69, 9.17) is 4.42 Å². The second-order valence-electron chi connectivity index (χ2n) is 6.24. The van der Waals surface area contributed by atoms with Gasteiger partial charge in [0.05, 0.1) is 11.9 Å². The van der Waals surface area contributed by atoms with Crippen molar-refractivity contribution in [2.24, 2.45) is 0 Å². The third kappa shape index (κ3) is 3.81. The smallest absolute Gasteiger partial charge is 0.292 e. The van der Waals surface area contributed by atoms with Gasteiger partial charge in [-0.15, -0.1) is 12.4 Å². The molecule has 2 N–H and O–H groups in total. The van der Waals surface area contributed by atoms with Crippen LogP contribution in [-0.2, 0) is 0 Å². The summed E-state index contributed by atoms with van der Waals surface area (Å²) >= 11 is 0. The molecular weight excluding hydrogens is 352 g/mol. The minimum atomic E-state index is -0.295. The minimum absolute atomic E-state index is 0. The third-order valence-electron chi connectivity index (χ3n) is 4.37. The molecule has 1 aliphatic rings. The zero-order valence-electron chi connectivity index (χ0n) is 14.5. The van der Waals surface area contributed by atoms with E-state index in [0.29, 0.717) is 11.4 Å². The van der Waals surface area contributed by atoms with Gasteiger partial charge in [-0.05, 0) is 37.3 Å². The van der Waals surface area contributed by atoms with Gasteiger partial charge in [0.25, 0.3) is 5.91 Å². The Labute approximate surface area is 158 Å². The van der Waals surface area contributed by atoms with Gasteiger partial charge in [0.2, 0.25) is 0 Å². The number of nitrogens with one attached hydrogen (secondary N) is 2. The molecule has 26 heavy (non-hydrogen) atoms. The lowest BCUT2D eigenvalue weighted by Gasteiger charge is -2.29. The number of halogens is 1. The van der Waals surface area contributed by atoms with E-state index >= 15 is 0 Å². The van der Waals surface area contributed by atoms with Crippen molar-refractivity contribution in [1.82, 2.24) is 10.3 Å². The number of hydrogen-bond acceptors (Lipinski definition) is 5. The number of benzene rings is 1. The molecule has 1 aromatic carbocycles. The minimum Gasteiger partial charge on any atom is -0.451 e. The Kier molecular flexibility index (Phi) is 5.44. The van der Waals surface area contributed by atoms with E-state index in [1.807, 2.05) is 37.3 Å². The number of hydrogen-bond donors (Lipinski definition) is 2. The van der Waals surface area contributed by atoms with Crippen LogP contribution in [0.25, 0.3) is 11.0 Å². The van der Waals surface area contributed by atoms with E-state index in [0.717, 1.165) is 42.8 Å². The number of aromatic nitrogens is 1. The fraction of sp³-hybridized carbons (Fsp3) is 0.263. The summed E-state index contributed by atoms with van der Waals surface area (Å²) in [6, 6.07) is 11.4. The van der Waals surface area contributed by atoms with Crippen molar-refractivity contribution in [2.45, 2.75) is 6.92 Å². The number of amides is 1. The summed E-state index contributed by atoms with van der Waals surface area (Å²) in [6.07, 6.45) is 1.79. The van der Waals surface area contributed by atoms with Crippen LogP contribution in [0.4, 0.5) is 11.5 Å². The van der Waals surface area contributed by atoms with Gasteiger partial charge in [0.15, 0.2) is 5.76 Å². The number of anilines is 2. The van der Waals surface area contributed by atoms with Gasteiger partial charge in [-0.1, -0.05) is 11.6 Å². The summed E-state index contributed by atoms with van der Waals surface area (Å²) in [5, 5.41) is 7.04. The lowest BCUT2D eigenvalue weighted by molar-refractivity contribution is 0.0998. The molecule has 6 nitrogen and oxygen atoms in total. The van der Waals surface area contributed by atoms with Crippen molar-refractivity contribution in [3.8, 4) is 0 Å². The zero-order chi connectivity index (χ0) is 17.2. The van der Waals surface area contributed by atoms with Crippen molar-refractivity contribution in [1.29, 1.82) is 0 Å². The number of carbonyl (C=O) groups is 1. The zero-order valence-corrected chi connectivity index (χ0v) is 15.3. The summed E-state index contributed by atoms with van der Waals surface area (Å²) in [4.78, 5) is 19.0. The van der Waals surface area contributed by atoms with Crippen LogP contribution in [0.15, 0.2) is 47.0 Å². The van der Waals surface area contributed by atoms with Crippen LogP contribution in [0.3, 0.4) is 0 Å². The predicted molar refractivity (Wildman–Crippen MR) is 105 cm³/mol. The van der Waals surface area contributed by atoms with Crippen molar-refractivity contribution in [3.05, 3.63) is 53.9 Å². The Morgan fingerprint density at radius 2 is 2.00 bits per heavy atom. The first kappa shape index (κ1) is 18.2. The topological polar surface area (TPSA) is 70.4 Å². The monoisotopic (exact) mass is 372 g/mol. The number of fused-ring (bicyclic) bond motifs is 1. The van der Waals surface area contributed by atoms with Crippen molar-refractivity contribution >= 4 is 40.8 Å². The van der Waals surface area contributed by atoms with Crippen molar-refractivity contribution < 1.29 is 9.21 Å². The number of piperazine rings is 1. The van der Waals surface area contributed by atoms with E-state index in [2.05, 4.69) is 20.5 Å². The molecule has 7 heteroatoms. The molecule has 136 valence electrons. The fourth-order valence-electron chi connectivity index (χ4n) is 3.02. The van der Waals surface area contributed by atoms with E-state index < -0.39 is 0 Å². The molecule has 0 unspecified atom stereocenters. The van der Waals surface area contributed by atoms with Crippen LogP contribution in [-0.4, -0.2) is 37.1 Å². The summed E-state index contributed by atoms with van der Waals surface area (Å²) in [6.45, 7) is 5.89. The van der Waals surface area contributed by atoms with E-state index in [9.17, 15) is 4.79 Å². The molecule has 1 aliphatic heterocycles. The molecule has 3 aromatic rings. The Hall–Kier alpha value is -2.57. The molecule has 0 atom stereocenters. The normalized spacial score (nSPS) is 14.1. The first-order valence-electron chi connectivity index (χ1n) is 8.42. The number of carbonyl (C=O) groups excluding carboxylic acids is 1. The van der Waals surface area contributed by atoms with Crippen molar-refractivity contribution in [3.63, 3.8) is 0 Å². The number of nitrogens with zero attached hydrogens (tertiary/aromatic N) is 2. The highest BCUT2D eigenvalue weighted by Gasteiger charge is 2.14. The quantitative estimate of drug-likeness (QED) is 0.738. The molecule has 2 aromatic heterocycles. The lowest BCUT2D eigenvalue weighted by atomic mass is 10.2. The maximum absolute atomic E-state index is 12.4. The molecule has 0 bridgehead atoms. The first-order valence-corrected chi connectivity index (χ1v) is 8.42. The van der Waals surface area contributed by atoms with Gasteiger partial charge in [-0.3, -0.25) is 4.79 Å². The average Bonchev–Trinajstić information content (AvgIpc) is 3.06. The lowest BCUT2D eigenvalue weighted by Crippen LogP contribution is -2.43. The highest BCUT2D eigenvalue weighted by atomic mass is 35.5. The summed E-state index contributed by atoms with van der Waals surface area (Å²) in [7, 11) is 0. The fourth-order valence-corrected chi connectivity index (χ4v) is 3.02. The van der Waals surface area contributed by atoms with Gasteiger partial charge in [-0.2, -0.15) is 0 Å². The second-order valence-corrected chi connectivity index (χ2v) is 6.24. The van der Waals surface area contributed by atoms with Gasteiger partial charge < -0.3 is 20.0 Å². The molecule has 1 fully saturated rings. The maximum atomic E-state index is 12.4. The number of rotatable bonds is 3. The number of aryl methyl sites for hydroxylation is 1. The number of pyridine rings is 1. The Balaban J connectivity index is 0.00000196. The van der Waals surface area contributed by atoms with Crippen LogP contribution in [0, 0.1) is 6.92 Å². The molecule has 0 spiro atoms. The average molecular weight is 373 g/mol. The Bertz CT molecular complexity index is 902. The molecule has 4 rings (SSSR count). The van der Waals surface area contributed by atoms with Crippen molar-refractivity contribution in [2.75, 3.05) is 36.4 Å². The van der Waals surface area contributed by atoms with Gasteiger partial charge in [0.1, 0.15) is 11.4 Å². The van der Waals surface area contributed by atoms with Crippen LogP contribution >= 0.6 is 12.4 Å². The standard InChI is InChI=1S/C19H20N4O2.ClH/c1-13-2-4-16-14(10-13)11-17(25-16)19(24)22-18-5-3-15(12-21-18)23-8-6-20-7-9-23;/h2-5,10-12,20H,6-9H2,1H3,(H,21,22,24);1H. The summed E-state index contributed by atoms with van der Waals surface area (Å²) in [5.74, 6) is 0.505. The predicted octanol–water partition coefficient (Wildman–Crippen LogP) is 3.22. The SMILES string of the molecule is Cc1ccc2oc(C(=O)Nc3ccc(N4CCNCC4)cn3)cc2c1.Cl. The van der Waals surface area contributed by atoms with E-state index in [1.165, 1.54) is 0 Å². The van der Waals surface area contributed by atoms with E-state index in [-0.39, 0.29) is 24.1 Å². The summed E-state index contributed by atoms with van der Waals surface area (Å²) in [5.41, 5.74) is 2.90. The molecular formula is C19H21ClN4O2. The van der Waals surface area contributed by atoms with Crippen LogP contribution < -0.4 is 15.5 Å². The van der Waals surface area contributed by atoms with Crippen LogP contribution in [0.5, 0.6) is 0 Å². The Morgan fingerprint density at radius 3 is 2.73 bits per heavy atom. The maximum Gasteiger partial charge on any atom is 0.292 e. The van der Waals surface area contributed by atoms with E-state index in [1.54, 1.807) is 12.3 Å². The van der Waals surface area contributed by atoms with Crippen LogP contribution in [0.2, 0.25) is 0 Å². The molecule has 0 aliphatic carbocycles. The van der Waals surface area contributed by atoms with Gasteiger partial charge >= 0.3 is 0 Å². The number of furan rings is 1. The largest absolute Gasteiger partial charge is 0.451 e. The molecule has 1 saturated heterocycles. The third-order valence-corrected chi connectivity index (χ3v) is 4.37. The molecule has 1 amide bonds. The Morgan fingerprint density at radius 1 is 1.19 bits per heavy atom. The highest BCUT2D eigenvalue weighted by Crippen LogP contribution is 2.22. The second kappa shape index (κ2) is 7.76. The molecule has 3 heterocycles. The molecule has 0 radical (unpaired) electrons.